The Morgan fingerprint density at radius 2 is 1.67 bits per heavy atom. The molecule has 7 nitrogen and oxygen atoms in total. The molecule has 8 heteroatoms. The number of nitro groups is 1. The van der Waals surface area contributed by atoms with Crippen LogP contribution in [0.1, 0.15) is 66.2 Å². The van der Waals surface area contributed by atoms with Crippen LogP contribution >= 0.6 is 0 Å². The molecule has 0 bridgehead atoms. The monoisotopic (exact) mass is 565 g/mol. The number of ether oxygens (including phenoxy) is 2. The second-order valence-corrected chi connectivity index (χ2v) is 23.0. The van der Waals surface area contributed by atoms with Crippen molar-refractivity contribution in [3.05, 3.63) is 40.6 Å². The first-order valence-corrected chi connectivity index (χ1v) is 20.0. The van der Waals surface area contributed by atoms with Gasteiger partial charge in [0.2, 0.25) is 0 Å². The van der Waals surface area contributed by atoms with E-state index in [2.05, 4.69) is 50.0 Å². The van der Waals surface area contributed by atoms with E-state index in [0.29, 0.717) is 13.2 Å². The summed E-state index contributed by atoms with van der Waals surface area (Å²) in [6.45, 7) is 9.71. The molecule has 0 fully saturated rings. The van der Waals surface area contributed by atoms with Gasteiger partial charge in [0.1, 0.15) is 0 Å². The van der Waals surface area contributed by atoms with Gasteiger partial charge in [0.05, 0.1) is 0 Å². The third kappa shape index (κ3) is 6.43. The zero-order valence-electron chi connectivity index (χ0n) is 20.6. The molecule has 1 aromatic carbocycles. The molecule has 33 heavy (non-hydrogen) atoms. The summed E-state index contributed by atoms with van der Waals surface area (Å²) in [5.41, 5.74) is -0.595. The van der Waals surface area contributed by atoms with Crippen molar-refractivity contribution in [1.82, 2.24) is 9.55 Å². The Morgan fingerprint density at radius 1 is 1.09 bits per heavy atom. The average molecular weight is 564 g/mol. The van der Waals surface area contributed by atoms with Crippen LogP contribution in [0.25, 0.3) is 0 Å². The number of unbranched alkanes of at least 4 members (excludes halogenated alkanes) is 3. The predicted octanol–water partition coefficient (Wildman–Crippen LogP) is 6.08. The second-order valence-electron chi connectivity index (χ2n) is 9.72. The van der Waals surface area contributed by atoms with E-state index in [9.17, 15) is 10.1 Å². The second kappa shape index (κ2) is 11.6. The number of fused-ring (bicyclic) bond motifs is 1. The van der Waals surface area contributed by atoms with E-state index < -0.39 is 28.9 Å². The van der Waals surface area contributed by atoms with Crippen LogP contribution in [0, 0.1) is 10.1 Å². The molecule has 1 unspecified atom stereocenters. The van der Waals surface area contributed by atoms with E-state index in [4.69, 9.17) is 9.47 Å². The Labute approximate surface area is 201 Å². The van der Waals surface area contributed by atoms with Gasteiger partial charge in [-0.2, -0.15) is 0 Å². The summed E-state index contributed by atoms with van der Waals surface area (Å²) >= 11 is -2.42. The Morgan fingerprint density at radius 3 is 2.15 bits per heavy atom. The van der Waals surface area contributed by atoms with Gasteiger partial charge >= 0.3 is 192 Å². The van der Waals surface area contributed by atoms with Gasteiger partial charge in [-0.15, -0.1) is 0 Å². The zero-order chi connectivity index (χ0) is 23.9. The average Bonchev–Trinajstić information content (AvgIpc) is 3.33. The number of hydrogen-bond donors (Lipinski definition) is 0. The minimum atomic E-state index is -2.42. The van der Waals surface area contributed by atoms with Gasteiger partial charge in [0.25, 0.3) is 0 Å². The van der Waals surface area contributed by atoms with E-state index in [1.807, 2.05) is 6.92 Å². The summed E-state index contributed by atoms with van der Waals surface area (Å²) in [6.07, 6.45) is 9.30. The van der Waals surface area contributed by atoms with Crippen LogP contribution in [0.2, 0.25) is 13.3 Å². The van der Waals surface area contributed by atoms with Crippen LogP contribution in [0.5, 0.6) is 11.8 Å². The maximum absolute atomic E-state index is 10.9. The minimum absolute atomic E-state index is 0.187. The Kier molecular flexibility index (Phi) is 9.07. The molecule has 1 aliphatic rings. The Hall–Kier alpha value is -1.77. The first kappa shape index (κ1) is 25.8. The van der Waals surface area contributed by atoms with Crippen molar-refractivity contribution in [2.75, 3.05) is 6.61 Å². The Balaban J connectivity index is 1.67. The molecule has 0 spiro atoms. The third-order valence-electron chi connectivity index (χ3n) is 6.79. The molecule has 1 aliphatic heterocycles. The molecule has 0 saturated heterocycles. The number of benzene rings is 1. The van der Waals surface area contributed by atoms with Gasteiger partial charge in [-0.25, -0.2) is 0 Å². The number of aromatic nitrogens is 2. The fourth-order valence-electron chi connectivity index (χ4n) is 4.85. The first-order chi connectivity index (χ1) is 15.8. The fraction of sp³-hybridized carbons (Fsp3) is 0.640. The van der Waals surface area contributed by atoms with Gasteiger partial charge in [0.15, 0.2) is 0 Å². The number of nitrogens with zero attached hydrogens (tertiary/aromatic N) is 3. The SMILES string of the molecule is CCC[CH2][Sn]([CH2]CCC)([CH2]CCC)[c]1ccc(OCC2(C)Cn3cc([N+](=O)[O-])nc3O2)cc1. The maximum atomic E-state index is 10.9. The van der Waals surface area contributed by atoms with Crippen LogP contribution in [0.3, 0.4) is 0 Å². The van der Waals surface area contributed by atoms with Crippen molar-refractivity contribution >= 4 is 27.8 Å². The van der Waals surface area contributed by atoms with E-state index in [1.165, 1.54) is 58.0 Å². The molecule has 1 atom stereocenters. The van der Waals surface area contributed by atoms with E-state index >= 15 is 0 Å². The molecule has 0 N–H and O–H groups in total. The van der Waals surface area contributed by atoms with Gasteiger partial charge in [0, 0.05) is 0 Å². The molecule has 2 heterocycles. The van der Waals surface area contributed by atoms with Crippen molar-refractivity contribution in [1.29, 1.82) is 0 Å². The van der Waals surface area contributed by atoms with Gasteiger partial charge < -0.3 is 10.1 Å². The molecule has 0 saturated carbocycles. The molecule has 0 radical (unpaired) electrons. The summed E-state index contributed by atoms with van der Waals surface area (Å²) in [5, 5.41) is 10.9. The summed E-state index contributed by atoms with van der Waals surface area (Å²) < 4.78 is 19.7. The molecule has 1 aromatic heterocycles. The quantitative estimate of drug-likeness (QED) is 0.158. The van der Waals surface area contributed by atoms with Crippen LogP contribution in [0.4, 0.5) is 5.82 Å². The predicted molar refractivity (Wildman–Crippen MR) is 134 cm³/mol. The standard InChI is InChI=1S/C13H12N3O4.3C4H9.Sn/c1-13(9-19-10-5-3-2-4-6-10)8-15-7-11(16(17)18)14-12(15)20-13;3*1-3-4-2;/h3-7H,8-9H2,1H3;3*1,3-4H2,2H3;. The summed E-state index contributed by atoms with van der Waals surface area (Å²) in [4.78, 5) is 14.3. The molecule has 3 rings (SSSR count). The molecule has 0 aliphatic carbocycles. The van der Waals surface area contributed by atoms with Crippen LogP contribution in [-0.4, -0.2) is 45.1 Å². The third-order valence-corrected chi connectivity index (χ3v) is 22.5. The van der Waals surface area contributed by atoms with Crippen molar-refractivity contribution in [3.8, 4) is 11.8 Å². The normalized spacial score (nSPS) is 17.6. The van der Waals surface area contributed by atoms with E-state index in [1.54, 1.807) is 8.15 Å². The number of rotatable bonds is 14. The summed E-state index contributed by atoms with van der Waals surface area (Å²) in [6, 6.07) is 9.24. The number of hydrogen-bond acceptors (Lipinski definition) is 5. The molecular weight excluding hydrogens is 525 g/mol. The summed E-state index contributed by atoms with van der Waals surface area (Å²) in [5.74, 6) is 0.660. The van der Waals surface area contributed by atoms with Crippen LogP contribution in [-0.2, 0) is 6.54 Å². The van der Waals surface area contributed by atoms with E-state index in [0.717, 1.165) is 5.75 Å². The van der Waals surface area contributed by atoms with Gasteiger partial charge in [-0.05, 0) is 0 Å². The molecule has 0 amide bonds. The molecule has 2 aromatic rings. The van der Waals surface area contributed by atoms with Crippen LogP contribution < -0.4 is 13.1 Å². The first-order valence-electron chi connectivity index (χ1n) is 12.5. The van der Waals surface area contributed by atoms with Crippen molar-refractivity contribution in [2.45, 2.75) is 91.7 Å². The topological polar surface area (TPSA) is 79.4 Å². The molecular formula is C25H39N3O4Sn. The summed E-state index contributed by atoms with van der Waals surface area (Å²) in [7, 11) is 0. The van der Waals surface area contributed by atoms with E-state index in [-0.39, 0.29) is 11.8 Å². The fourth-order valence-corrected chi connectivity index (χ4v) is 20.8. The number of imidazole rings is 1. The molecule has 182 valence electrons. The Bertz CT molecular complexity index is 868. The zero-order valence-corrected chi connectivity index (χ0v) is 23.5. The van der Waals surface area contributed by atoms with Crippen molar-refractivity contribution < 1.29 is 14.4 Å². The van der Waals surface area contributed by atoms with Crippen molar-refractivity contribution in [2.24, 2.45) is 0 Å². The van der Waals surface area contributed by atoms with Crippen molar-refractivity contribution in [3.63, 3.8) is 0 Å². The van der Waals surface area contributed by atoms with Gasteiger partial charge in [-0.3, -0.25) is 0 Å². The van der Waals surface area contributed by atoms with Gasteiger partial charge in [-0.1, -0.05) is 0 Å². The van der Waals surface area contributed by atoms with Crippen LogP contribution in [0.15, 0.2) is 30.5 Å².